The first-order valence-corrected chi connectivity index (χ1v) is 8.97. The van der Waals surface area contributed by atoms with Gasteiger partial charge in [-0.25, -0.2) is 4.98 Å². The lowest BCUT2D eigenvalue weighted by atomic mass is 10.1. The SMILES string of the molecule is Cc1sc2ncn(CC(=O)N(C)[C@H](C)c3ccccc3)c(=O)c2c1C. The van der Waals surface area contributed by atoms with Crippen LogP contribution < -0.4 is 5.56 Å². The number of rotatable bonds is 4. The molecule has 3 rings (SSSR count). The van der Waals surface area contributed by atoms with Crippen molar-refractivity contribution in [1.82, 2.24) is 14.5 Å². The summed E-state index contributed by atoms with van der Waals surface area (Å²) in [6, 6.07) is 9.77. The van der Waals surface area contributed by atoms with Gasteiger partial charge in [-0.2, -0.15) is 0 Å². The fourth-order valence-corrected chi connectivity index (χ4v) is 3.80. The normalized spacial score (nSPS) is 12.3. The van der Waals surface area contributed by atoms with Crippen LogP contribution in [0.4, 0.5) is 0 Å². The third-order valence-electron chi connectivity index (χ3n) is 4.72. The van der Waals surface area contributed by atoms with E-state index in [0.717, 1.165) is 20.8 Å². The highest BCUT2D eigenvalue weighted by Gasteiger charge is 2.19. The number of hydrogen-bond donors (Lipinski definition) is 0. The van der Waals surface area contributed by atoms with Gasteiger partial charge in [0, 0.05) is 11.9 Å². The van der Waals surface area contributed by atoms with Gasteiger partial charge in [-0.3, -0.25) is 14.2 Å². The Kier molecular flexibility index (Phi) is 4.72. The molecule has 0 fully saturated rings. The van der Waals surface area contributed by atoms with E-state index in [4.69, 9.17) is 0 Å². The molecule has 1 aromatic carbocycles. The van der Waals surface area contributed by atoms with E-state index in [2.05, 4.69) is 4.98 Å². The number of nitrogens with zero attached hydrogens (tertiary/aromatic N) is 3. The number of carbonyl (C=O) groups excluding carboxylic acids is 1. The Morgan fingerprint density at radius 2 is 1.96 bits per heavy atom. The first-order chi connectivity index (χ1) is 11.9. The van der Waals surface area contributed by atoms with Crippen LogP contribution in [-0.4, -0.2) is 27.4 Å². The minimum atomic E-state index is -0.152. The predicted molar refractivity (Wildman–Crippen MR) is 101 cm³/mol. The zero-order valence-electron chi connectivity index (χ0n) is 14.8. The van der Waals surface area contributed by atoms with Crippen LogP contribution in [0.5, 0.6) is 0 Å². The van der Waals surface area contributed by atoms with Crippen LogP contribution in [0.3, 0.4) is 0 Å². The van der Waals surface area contributed by atoms with E-state index in [1.807, 2.05) is 51.1 Å². The summed E-state index contributed by atoms with van der Waals surface area (Å²) in [4.78, 5) is 33.2. The number of amides is 1. The van der Waals surface area contributed by atoms with Crippen LogP contribution in [0.1, 0.15) is 29.0 Å². The van der Waals surface area contributed by atoms with Gasteiger partial charge in [-0.15, -0.1) is 11.3 Å². The van der Waals surface area contributed by atoms with E-state index in [-0.39, 0.29) is 24.1 Å². The first kappa shape index (κ1) is 17.4. The molecule has 6 heteroatoms. The van der Waals surface area contributed by atoms with E-state index in [1.54, 1.807) is 11.9 Å². The van der Waals surface area contributed by atoms with Crippen molar-refractivity contribution in [1.29, 1.82) is 0 Å². The Morgan fingerprint density at radius 3 is 2.64 bits per heavy atom. The predicted octanol–water partition coefficient (Wildman–Crippen LogP) is 3.29. The standard InChI is InChI=1S/C19H21N3O2S/c1-12-14(3)25-18-17(12)19(24)22(11-20-18)10-16(23)21(4)13(2)15-8-6-5-7-9-15/h5-9,11,13H,10H2,1-4H3/t13-/m1/s1. The average Bonchev–Trinajstić information content (AvgIpc) is 2.91. The molecule has 1 amide bonds. The summed E-state index contributed by atoms with van der Waals surface area (Å²) < 4.78 is 1.40. The summed E-state index contributed by atoms with van der Waals surface area (Å²) in [5.41, 5.74) is 1.86. The molecule has 0 unspecified atom stereocenters. The Balaban J connectivity index is 1.86. The van der Waals surface area contributed by atoms with E-state index in [9.17, 15) is 9.59 Å². The molecule has 0 saturated heterocycles. The van der Waals surface area contributed by atoms with Crippen LogP contribution in [0, 0.1) is 13.8 Å². The largest absolute Gasteiger partial charge is 0.337 e. The van der Waals surface area contributed by atoms with E-state index in [1.165, 1.54) is 22.2 Å². The molecule has 0 aliphatic rings. The number of aryl methyl sites for hydroxylation is 2. The van der Waals surface area contributed by atoms with Crippen molar-refractivity contribution in [2.45, 2.75) is 33.4 Å². The summed E-state index contributed by atoms with van der Waals surface area (Å²) in [7, 11) is 1.76. The smallest absolute Gasteiger partial charge is 0.262 e. The second-order valence-electron chi connectivity index (χ2n) is 6.23. The Bertz CT molecular complexity index is 975. The number of hydrogen-bond acceptors (Lipinski definition) is 4. The molecular weight excluding hydrogens is 334 g/mol. The summed E-state index contributed by atoms with van der Waals surface area (Å²) in [6.07, 6.45) is 1.47. The quantitative estimate of drug-likeness (QED) is 0.721. The highest BCUT2D eigenvalue weighted by molar-refractivity contribution is 7.18. The fourth-order valence-electron chi connectivity index (χ4n) is 2.81. The van der Waals surface area contributed by atoms with Crippen molar-refractivity contribution in [3.05, 3.63) is 63.0 Å². The van der Waals surface area contributed by atoms with Crippen molar-refractivity contribution in [2.24, 2.45) is 0 Å². The molecule has 3 aromatic rings. The fraction of sp³-hybridized carbons (Fsp3) is 0.316. The summed E-state index contributed by atoms with van der Waals surface area (Å²) >= 11 is 1.51. The van der Waals surface area contributed by atoms with Gasteiger partial charge >= 0.3 is 0 Å². The summed E-state index contributed by atoms with van der Waals surface area (Å²) in [5.74, 6) is -0.121. The van der Waals surface area contributed by atoms with Crippen LogP contribution in [0.2, 0.25) is 0 Å². The summed E-state index contributed by atoms with van der Waals surface area (Å²) in [6.45, 7) is 5.87. The second kappa shape index (κ2) is 6.80. The van der Waals surface area contributed by atoms with Gasteiger partial charge in [0.05, 0.1) is 17.8 Å². The van der Waals surface area contributed by atoms with Crippen molar-refractivity contribution in [2.75, 3.05) is 7.05 Å². The molecule has 25 heavy (non-hydrogen) atoms. The molecule has 5 nitrogen and oxygen atoms in total. The monoisotopic (exact) mass is 355 g/mol. The number of carbonyl (C=O) groups is 1. The molecule has 2 heterocycles. The first-order valence-electron chi connectivity index (χ1n) is 8.16. The molecular formula is C19H21N3O2S. The maximum Gasteiger partial charge on any atom is 0.262 e. The van der Waals surface area contributed by atoms with Gasteiger partial charge in [0.15, 0.2) is 0 Å². The van der Waals surface area contributed by atoms with Crippen molar-refractivity contribution < 1.29 is 4.79 Å². The molecule has 0 aliphatic carbocycles. The number of thiophene rings is 1. The second-order valence-corrected chi connectivity index (χ2v) is 7.44. The molecule has 1 atom stereocenters. The third-order valence-corrected chi connectivity index (χ3v) is 5.83. The Labute approximate surface area is 150 Å². The van der Waals surface area contributed by atoms with Crippen molar-refractivity contribution in [3.8, 4) is 0 Å². The number of benzene rings is 1. The maximum absolute atomic E-state index is 12.7. The minimum absolute atomic E-state index is 0.0101. The number of likely N-dealkylation sites (N-methyl/N-ethyl adjacent to an activating group) is 1. The molecule has 130 valence electrons. The lowest BCUT2D eigenvalue weighted by Crippen LogP contribution is -2.35. The Morgan fingerprint density at radius 1 is 1.28 bits per heavy atom. The number of fused-ring (bicyclic) bond motifs is 1. The highest BCUT2D eigenvalue weighted by atomic mass is 32.1. The van der Waals surface area contributed by atoms with Gasteiger partial charge in [0.1, 0.15) is 11.4 Å². The van der Waals surface area contributed by atoms with Gasteiger partial charge in [-0.1, -0.05) is 30.3 Å². The molecule has 0 aliphatic heterocycles. The van der Waals surface area contributed by atoms with Crippen LogP contribution >= 0.6 is 11.3 Å². The molecule has 0 spiro atoms. The molecule has 0 N–H and O–H groups in total. The number of aromatic nitrogens is 2. The lowest BCUT2D eigenvalue weighted by Gasteiger charge is -2.25. The van der Waals surface area contributed by atoms with Gasteiger partial charge in [0.25, 0.3) is 5.56 Å². The van der Waals surface area contributed by atoms with Gasteiger partial charge < -0.3 is 4.90 Å². The van der Waals surface area contributed by atoms with Gasteiger partial charge in [-0.05, 0) is 31.9 Å². The van der Waals surface area contributed by atoms with Crippen molar-refractivity contribution in [3.63, 3.8) is 0 Å². The lowest BCUT2D eigenvalue weighted by molar-refractivity contribution is -0.132. The maximum atomic E-state index is 12.7. The molecule has 0 saturated carbocycles. The van der Waals surface area contributed by atoms with E-state index >= 15 is 0 Å². The van der Waals surface area contributed by atoms with Crippen LogP contribution in [0.25, 0.3) is 10.2 Å². The Hall–Kier alpha value is -2.47. The van der Waals surface area contributed by atoms with E-state index in [0.29, 0.717) is 5.39 Å². The highest BCUT2D eigenvalue weighted by Crippen LogP contribution is 2.25. The average molecular weight is 355 g/mol. The van der Waals surface area contributed by atoms with Gasteiger partial charge in [0.2, 0.25) is 5.91 Å². The topological polar surface area (TPSA) is 55.2 Å². The summed E-state index contributed by atoms with van der Waals surface area (Å²) in [5, 5.41) is 0.622. The zero-order chi connectivity index (χ0) is 18.1. The van der Waals surface area contributed by atoms with Crippen LogP contribution in [0.15, 0.2) is 41.5 Å². The minimum Gasteiger partial charge on any atom is -0.337 e. The van der Waals surface area contributed by atoms with Crippen LogP contribution in [-0.2, 0) is 11.3 Å². The zero-order valence-corrected chi connectivity index (χ0v) is 15.6. The molecule has 0 bridgehead atoms. The van der Waals surface area contributed by atoms with E-state index < -0.39 is 0 Å². The molecule has 2 aromatic heterocycles. The third kappa shape index (κ3) is 3.22. The molecule has 0 radical (unpaired) electrons. The van der Waals surface area contributed by atoms with Crippen molar-refractivity contribution >= 4 is 27.5 Å².